The fourth-order valence-corrected chi connectivity index (χ4v) is 3.02. The van der Waals surface area contributed by atoms with Gasteiger partial charge in [0, 0.05) is 45.0 Å². The Bertz CT molecular complexity index is 796. The number of hydrogen-bond acceptors (Lipinski definition) is 5. The van der Waals surface area contributed by atoms with Gasteiger partial charge >= 0.3 is 0 Å². The Morgan fingerprint density at radius 1 is 1.33 bits per heavy atom. The molecule has 0 aliphatic carbocycles. The molecule has 1 saturated heterocycles. The molecule has 3 rings (SSSR count). The van der Waals surface area contributed by atoms with Crippen LogP contribution >= 0.6 is 0 Å². The molecule has 1 aliphatic rings. The molecule has 2 N–H and O–H groups in total. The summed E-state index contributed by atoms with van der Waals surface area (Å²) >= 11 is 0. The number of aliphatic hydroxyl groups is 1. The first-order chi connectivity index (χ1) is 11.5. The van der Waals surface area contributed by atoms with Gasteiger partial charge in [0.25, 0.3) is 5.56 Å². The van der Waals surface area contributed by atoms with E-state index >= 15 is 0 Å². The number of nitrogens with one attached hydrogen (secondary N) is 1. The van der Waals surface area contributed by atoms with Crippen LogP contribution < -0.4 is 5.56 Å². The maximum Gasteiger partial charge on any atom is 0.272 e. The van der Waals surface area contributed by atoms with Gasteiger partial charge in [0.15, 0.2) is 0 Å². The van der Waals surface area contributed by atoms with Gasteiger partial charge in [-0.05, 0) is 6.07 Å². The number of aromatic amines is 1. The lowest BCUT2D eigenvalue weighted by molar-refractivity contribution is -0.136. The van der Waals surface area contributed by atoms with E-state index in [0.717, 1.165) is 0 Å². The smallest absolute Gasteiger partial charge is 0.272 e. The monoisotopic (exact) mass is 331 g/mol. The van der Waals surface area contributed by atoms with Crippen LogP contribution in [-0.4, -0.2) is 58.5 Å². The summed E-state index contributed by atoms with van der Waals surface area (Å²) in [6.45, 7) is 1.27. The SMILES string of the molecule is CN(CC1(O)CCOCC1)C(=O)Cc1n[nH]c(=O)c2ccccc12. The molecule has 1 amide bonds. The van der Waals surface area contributed by atoms with E-state index < -0.39 is 5.60 Å². The van der Waals surface area contributed by atoms with E-state index in [1.165, 1.54) is 4.90 Å². The second-order valence-corrected chi connectivity index (χ2v) is 6.31. The Labute approximate surface area is 139 Å². The van der Waals surface area contributed by atoms with E-state index in [1.807, 2.05) is 6.07 Å². The topological polar surface area (TPSA) is 95.5 Å². The highest BCUT2D eigenvalue weighted by atomic mass is 16.5. The van der Waals surface area contributed by atoms with Gasteiger partial charge in [-0.15, -0.1) is 0 Å². The van der Waals surface area contributed by atoms with Gasteiger partial charge in [-0.25, -0.2) is 5.10 Å². The summed E-state index contributed by atoms with van der Waals surface area (Å²) in [4.78, 5) is 25.8. The molecule has 0 unspecified atom stereocenters. The molecule has 128 valence electrons. The first-order valence-corrected chi connectivity index (χ1v) is 7.99. The number of hydrogen-bond donors (Lipinski definition) is 2. The second-order valence-electron chi connectivity index (χ2n) is 6.31. The number of carbonyl (C=O) groups excluding carboxylic acids is 1. The number of carbonyl (C=O) groups is 1. The van der Waals surface area contributed by atoms with E-state index in [4.69, 9.17) is 4.74 Å². The van der Waals surface area contributed by atoms with Crippen LogP contribution in [0.25, 0.3) is 10.8 Å². The Hall–Kier alpha value is -2.25. The highest BCUT2D eigenvalue weighted by Gasteiger charge is 2.32. The lowest BCUT2D eigenvalue weighted by Gasteiger charge is -2.35. The average Bonchev–Trinajstić information content (AvgIpc) is 2.58. The first kappa shape index (κ1) is 16.6. The summed E-state index contributed by atoms with van der Waals surface area (Å²) in [6.07, 6.45) is 1.11. The van der Waals surface area contributed by atoms with Crippen molar-refractivity contribution in [2.24, 2.45) is 0 Å². The van der Waals surface area contributed by atoms with Crippen LogP contribution in [-0.2, 0) is 16.0 Å². The summed E-state index contributed by atoms with van der Waals surface area (Å²) in [5.41, 5.74) is -0.643. The number of likely N-dealkylation sites (N-methyl/N-ethyl adjacent to an activating group) is 1. The zero-order valence-corrected chi connectivity index (χ0v) is 13.6. The van der Waals surface area contributed by atoms with Crippen LogP contribution in [0.15, 0.2) is 29.1 Å². The van der Waals surface area contributed by atoms with Gasteiger partial charge in [0.1, 0.15) is 0 Å². The van der Waals surface area contributed by atoms with Gasteiger partial charge in [-0.3, -0.25) is 9.59 Å². The van der Waals surface area contributed by atoms with Gasteiger partial charge in [-0.1, -0.05) is 18.2 Å². The van der Waals surface area contributed by atoms with Crippen molar-refractivity contribution in [2.45, 2.75) is 24.9 Å². The third kappa shape index (κ3) is 3.47. The predicted molar refractivity (Wildman–Crippen MR) is 88.7 cm³/mol. The lowest BCUT2D eigenvalue weighted by atomic mass is 9.94. The molecule has 1 fully saturated rings. The maximum atomic E-state index is 12.5. The third-order valence-corrected chi connectivity index (χ3v) is 4.47. The molecular formula is C17H21N3O4. The van der Waals surface area contributed by atoms with Crippen molar-refractivity contribution in [2.75, 3.05) is 26.8 Å². The normalized spacial score (nSPS) is 16.9. The van der Waals surface area contributed by atoms with Crippen LogP contribution in [0.1, 0.15) is 18.5 Å². The molecule has 7 nitrogen and oxygen atoms in total. The van der Waals surface area contributed by atoms with Gasteiger partial charge in [0.2, 0.25) is 5.91 Å². The number of aromatic nitrogens is 2. The molecule has 2 aromatic rings. The lowest BCUT2D eigenvalue weighted by Crippen LogP contribution is -2.47. The molecule has 2 heterocycles. The van der Waals surface area contributed by atoms with E-state index in [2.05, 4.69) is 10.2 Å². The zero-order valence-electron chi connectivity index (χ0n) is 13.6. The summed E-state index contributed by atoms with van der Waals surface area (Å²) in [6, 6.07) is 7.08. The molecule has 7 heteroatoms. The number of benzene rings is 1. The maximum absolute atomic E-state index is 12.5. The standard InChI is InChI=1S/C17H21N3O4/c1-20(11-17(23)6-8-24-9-7-17)15(21)10-14-12-4-2-3-5-13(12)16(22)19-18-14/h2-5,23H,6-11H2,1H3,(H,19,22). The third-order valence-electron chi connectivity index (χ3n) is 4.47. The van der Waals surface area contributed by atoms with Crippen molar-refractivity contribution in [3.8, 4) is 0 Å². The van der Waals surface area contributed by atoms with E-state index in [9.17, 15) is 14.7 Å². The number of H-pyrrole nitrogens is 1. The van der Waals surface area contributed by atoms with Crippen LogP contribution in [0, 0.1) is 0 Å². The molecule has 0 atom stereocenters. The zero-order chi connectivity index (χ0) is 17.2. The average molecular weight is 331 g/mol. The molecule has 24 heavy (non-hydrogen) atoms. The fraction of sp³-hybridized carbons (Fsp3) is 0.471. The summed E-state index contributed by atoms with van der Waals surface area (Å²) in [7, 11) is 1.67. The van der Waals surface area contributed by atoms with Crippen molar-refractivity contribution in [1.82, 2.24) is 15.1 Å². The molecule has 1 aromatic heterocycles. The number of fused-ring (bicyclic) bond motifs is 1. The Kier molecular flexibility index (Phi) is 4.64. The Morgan fingerprint density at radius 3 is 2.71 bits per heavy atom. The summed E-state index contributed by atoms with van der Waals surface area (Å²) in [5, 5.41) is 18.2. The van der Waals surface area contributed by atoms with Crippen LogP contribution in [0.4, 0.5) is 0 Å². The number of rotatable bonds is 4. The van der Waals surface area contributed by atoms with Crippen LogP contribution in [0.2, 0.25) is 0 Å². The molecule has 0 bridgehead atoms. The molecule has 0 radical (unpaired) electrons. The van der Waals surface area contributed by atoms with Crippen molar-refractivity contribution in [1.29, 1.82) is 0 Å². The Balaban J connectivity index is 1.75. The molecule has 1 aromatic carbocycles. The van der Waals surface area contributed by atoms with E-state index in [-0.39, 0.29) is 24.4 Å². The predicted octanol–water partition coefficient (Wildman–Crippen LogP) is 0.465. The largest absolute Gasteiger partial charge is 0.388 e. The minimum atomic E-state index is -0.900. The van der Waals surface area contributed by atoms with Gasteiger partial charge in [-0.2, -0.15) is 5.10 Å². The van der Waals surface area contributed by atoms with Crippen molar-refractivity contribution >= 4 is 16.7 Å². The summed E-state index contributed by atoms with van der Waals surface area (Å²) < 4.78 is 5.25. The van der Waals surface area contributed by atoms with Crippen molar-refractivity contribution < 1.29 is 14.6 Å². The second kappa shape index (κ2) is 6.70. The molecule has 0 saturated carbocycles. The first-order valence-electron chi connectivity index (χ1n) is 7.99. The quantitative estimate of drug-likeness (QED) is 0.849. The highest BCUT2D eigenvalue weighted by Crippen LogP contribution is 2.22. The van der Waals surface area contributed by atoms with Crippen molar-refractivity contribution in [3.05, 3.63) is 40.3 Å². The van der Waals surface area contributed by atoms with Crippen molar-refractivity contribution in [3.63, 3.8) is 0 Å². The van der Waals surface area contributed by atoms with E-state index in [0.29, 0.717) is 42.5 Å². The number of ether oxygens (including phenoxy) is 1. The van der Waals surface area contributed by atoms with Gasteiger partial charge in [0.05, 0.1) is 23.1 Å². The molecule has 0 spiro atoms. The number of amides is 1. The van der Waals surface area contributed by atoms with Gasteiger partial charge < -0.3 is 14.7 Å². The molecule has 1 aliphatic heterocycles. The Morgan fingerprint density at radius 2 is 2.00 bits per heavy atom. The van der Waals surface area contributed by atoms with Crippen LogP contribution in [0.5, 0.6) is 0 Å². The fourth-order valence-electron chi connectivity index (χ4n) is 3.02. The van der Waals surface area contributed by atoms with Crippen LogP contribution in [0.3, 0.4) is 0 Å². The van der Waals surface area contributed by atoms with E-state index in [1.54, 1.807) is 25.2 Å². The minimum absolute atomic E-state index is 0.0698. The minimum Gasteiger partial charge on any atom is -0.388 e. The number of nitrogens with zero attached hydrogens (tertiary/aromatic N) is 2. The summed E-state index contributed by atoms with van der Waals surface area (Å²) in [5.74, 6) is -0.153. The molecular weight excluding hydrogens is 310 g/mol. The highest BCUT2D eigenvalue weighted by molar-refractivity contribution is 5.88.